The maximum Gasteiger partial charge on any atom is 0.193 e. The predicted octanol–water partition coefficient (Wildman–Crippen LogP) is 2.86. The second-order valence-corrected chi connectivity index (χ2v) is 7.41. The van der Waals surface area contributed by atoms with Crippen LogP contribution in [0.3, 0.4) is 0 Å². The van der Waals surface area contributed by atoms with Crippen molar-refractivity contribution < 1.29 is 9.13 Å². The third kappa shape index (κ3) is 4.32. The largest absolute Gasteiger partial charge is 0.370 e. The number of benzene rings is 1. The number of morpholine rings is 1. The third-order valence-electron chi connectivity index (χ3n) is 5.56. The molecule has 1 saturated heterocycles. The van der Waals surface area contributed by atoms with E-state index in [4.69, 9.17) is 4.74 Å². The van der Waals surface area contributed by atoms with Crippen LogP contribution in [0.15, 0.2) is 41.7 Å². The standard InChI is InChI=1S/C20H26FN5O.HI/c1-22-19(23-14-20(7-8-20)16-5-3-4-6-17(16)21)26-9-10-27-18(13-26)15-11-24-25(2)12-15;/h3-6,11-12,18H,7-10,13-14H2,1-2H3,(H,22,23);1H. The van der Waals surface area contributed by atoms with Gasteiger partial charge in [0.1, 0.15) is 11.9 Å². The molecule has 2 aromatic rings. The summed E-state index contributed by atoms with van der Waals surface area (Å²) in [5, 5.41) is 7.72. The Hall–Kier alpha value is -1.68. The molecule has 4 rings (SSSR count). The van der Waals surface area contributed by atoms with Gasteiger partial charge in [0.2, 0.25) is 0 Å². The zero-order chi connectivity index (χ0) is 18.9. The van der Waals surface area contributed by atoms with Crippen LogP contribution in [0.25, 0.3) is 0 Å². The Bertz CT molecular complexity index is 836. The molecule has 1 aliphatic carbocycles. The second kappa shape index (κ2) is 8.77. The number of aliphatic imine (C=N–C) groups is 1. The summed E-state index contributed by atoms with van der Waals surface area (Å²) in [5.74, 6) is 0.726. The average molecular weight is 499 g/mol. The van der Waals surface area contributed by atoms with E-state index in [0.717, 1.165) is 43.0 Å². The monoisotopic (exact) mass is 499 g/mol. The van der Waals surface area contributed by atoms with Gasteiger partial charge in [-0.1, -0.05) is 18.2 Å². The Balaban J connectivity index is 0.00000225. The zero-order valence-corrected chi connectivity index (χ0v) is 18.6. The first-order valence-electron chi connectivity index (χ1n) is 9.42. The van der Waals surface area contributed by atoms with E-state index >= 15 is 0 Å². The lowest BCUT2D eigenvalue weighted by atomic mass is 9.95. The van der Waals surface area contributed by atoms with Crippen molar-refractivity contribution in [2.45, 2.75) is 24.4 Å². The highest BCUT2D eigenvalue weighted by Crippen LogP contribution is 2.48. The van der Waals surface area contributed by atoms with Crippen molar-refractivity contribution in [3.05, 3.63) is 53.6 Å². The van der Waals surface area contributed by atoms with Crippen LogP contribution >= 0.6 is 24.0 Å². The summed E-state index contributed by atoms with van der Waals surface area (Å²) >= 11 is 0. The van der Waals surface area contributed by atoms with Crippen LogP contribution in [-0.4, -0.2) is 53.9 Å². The summed E-state index contributed by atoms with van der Waals surface area (Å²) in [4.78, 5) is 6.66. The topological polar surface area (TPSA) is 54.7 Å². The Labute approximate surface area is 182 Å². The van der Waals surface area contributed by atoms with Crippen LogP contribution in [0.2, 0.25) is 0 Å². The number of nitrogens with one attached hydrogen (secondary N) is 1. The van der Waals surface area contributed by atoms with Crippen molar-refractivity contribution >= 4 is 29.9 Å². The van der Waals surface area contributed by atoms with Crippen LogP contribution in [0.1, 0.15) is 30.1 Å². The third-order valence-corrected chi connectivity index (χ3v) is 5.56. The SMILES string of the molecule is CN=C(NCC1(c2ccccc2F)CC1)N1CCOC(c2cnn(C)c2)C1.I. The molecule has 1 aromatic carbocycles. The average Bonchev–Trinajstić information content (AvgIpc) is 3.34. The fourth-order valence-electron chi connectivity index (χ4n) is 3.81. The van der Waals surface area contributed by atoms with Gasteiger partial charge in [0, 0.05) is 44.4 Å². The van der Waals surface area contributed by atoms with Crippen LogP contribution in [-0.2, 0) is 17.2 Å². The van der Waals surface area contributed by atoms with E-state index in [2.05, 4.69) is 20.3 Å². The van der Waals surface area contributed by atoms with E-state index in [1.54, 1.807) is 23.9 Å². The molecule has 2 aliphatic rings. The Morgan fingerprint density at radius 1 is 1.39 bits per heavy atom. The number of ether oxygens (including phenoxy) is 1. The molecule has 1 aliphatic heterocycles. The number of halogens is 2. The molecule has 8 heteroatoms. The van der Waals surface area contributed by atoms with Crippen LogP contribution < -0.4 is 5.32 Å². The van der Waals surface area contributed by atoms with Gasteiger partial charge in [-0.2, -0.15) is 5.10 Å². The minimum Gasteiger partial charge on any atom is -0.370 e. The number of guanidine groups is 1. The maximum atomic E-state index is 14.2. The first kappa shape index (κ1) is 21.0. The summed E-state index contributed by atoms with van der Waals surface area (Å²) < 4.78 is 21.9. The van der Waals surface area contributed by atoms with Crippen molar-refractivity contribution in [1.29, 1.82) is 0 Å². The number of hydrogen-bond donors (Lipinski definition) is 1. The molecular formula is C20H27FIN5O. The highest BCUT2D eigenvalue weighted by molar-refractivity contribution is 14.0. The minimum atomic E-state index is -0.116. The van der Waals surface area contributed by atoms with E-state index in [9.17, 15) is 4.39 Å². The summed E-state index contributed by atoms with van der Waals surface area (Å²) in [7, 11) is 3.70. The fourth-order valence-corrected chi connectivity index (χ4v) is 3.81. The van der Waals surface area contributed by atoms with Gasteiger partial charge in [0.25, 0.3) is 0 Å². The van der Waals surface area contributed by atoms with Gasteiger partial charge >= 0.3 is 0 Å². The van der Waals surface area contributed by atoms with Gasteiger partial charge in [-0.25, -0.2) is 4.39 Å². The molecule has 6 nitrogen and oxygen atoms in total. The maximum absolute atomic E-state index is 14.2. The quantitative estimate of drug-likeness (QED) is 0.400. The molecule has 1 atom stereocenters. The van der Waals surface area contributed by atoms with Gasteiger partial charge in [-0.3, -0.25) is 9.67 Å². The van der Waals surface area contributed by atoms with Crippen LogP contribution in [0.4, 0.5) is 4.39 Å². The second-order valence-electron chi connectivity index (χ2n) is 7.41. The number of nitrogens with zero attached hydrogens (tertiary/aromatic N) is 4. The zero-order valence-electron chi connectivity index (χ0n) is 16.3. The number of aryl methyl sites for hydroxylation is 1. The van der Waals surface area contributed by atoms with Gasteiger partial charge in [0.05, 0.1) is 19.3 Å². The number of hydrogen-bond acceptors (Lipinski definition) is 3. The van der Waals surface area contributed by atoms with E-state index in [1.165, 1.54) is 0 Å². The molecule has 0 bridgehead atoms. The Kier molecular flexibility index (Phi) is 6.59. The van der Waals surface area contributed by atoms with Gasteiger partial charge in [-0.15, -0.1) is 24.0 Å². The molecule has 2 heterocycles. The van der Waals surface area contributed by atoms with Crippen LogP contribution in [0, 0.1) is 5.82 Å². The van der Waals surface area contributed by atoms with Crippen molar-refractivity contribution in [3.8, 4) is 0 Å². The lowest BCUT2D eigenvalue weighted by Gasteiger charge is -2.35. The first-order chi connectivity index (χ1) is 13.1. The minimum absolute atomic E-state index is 0. The highest BCUT2D eigenvalue weighted by Gasteiger charge is 2.46. The molecule has 0 spiro atoms. The first-order valence-corrected chi connectivity index (χ1v) is 9.42. The normalized spacial score (nSPS) is 21.2. The molecule has 0 radical (unpaired) electrons. The van der Waals surface area contributed by atoms with Gasteiger partial charge in [-0.05, 0) is 24.5 Å². The van der Waals surface area contributed by atoms with Gasteiger partial charge in [0.15, 0.2) is 5.96 Å². The van der Waals surface area contributed by atoms with Crippen LogP contribution in [0.5, 0.6) is 0 Å². The molecule has 152 valence electrons. The molecule has 28 heavy (non-hydrogen) atoms. The molecule has 0 amide bonds. The predicted molar refractivity (Wildman–Crippen MR) is 118 cm³/mol. The number of rotatable bonds is 4. The lowest BCUT2D eigenvalue weighted by Crippen LogP contribution is -2.49. The van der Waals surface area contributed by atoms with Crippen molar-refractivity contribution in [1.82, 2.24) is 20.0 Å². The Morgan fingerprint density at radius 3 is 2.82 bits per heavy atom. The number of aromatic nitrogens is 2. The highest BCUT2D eigenvalue weighted by atomic mass is 127. The fraction of sp³-hybridized carbons (Fsp3) is 0.500. The van der Waals surface area contributed by atoms with Crippen molar-refractivity contribution in [2.75, 3.05) is 33.3 Å². The lowest BCUT2D eigenvalue weighted by molar-refractivity contribution is -0.00805. The molecule has 1 unspecified atom stereocenters. The summed E-state index contributed by atoms with van der Waals surface area (Å²) in [6.45, 7) is 2.83. The van der Waals surface area contributed by atoms with E-state index in [-0.39, 0.29) is 41.3 Å². The van der Waals surface area contributed by atoms with E-state index in [1.807, 2.05) is 31.6 Å². The van der Waals surface area contributed by atoms with Crippen molar-refractivity contribution in [2.24, 2.45) is 12.0 Å². The summed E-state index contributed by atoms with van der Waals surface area (Å²) in [6.07, 6.45) is 5.81. The molecule has 2 fully saturated rings. The van der Waals surface area contributed by atoms with Gasteiger partial charge < -0.3 is 15.0 Å². The van der Waals surface area contributed by atoms with E-state index < -0.39 is 0 Å². The molecule has 1 aromatic heterocycles. The Morgan fingerprint density at radius 2 is 2.18 bits per heavy atom. The van der Waals surface area contributed by atoms with Crippen molar-refractivity contribution in [3.63, 3.8) is 0 Å². The molecular weight excluding hydrogens is 472 g/mol. The summed E-state index contributed by atoms with van der Waals surface area (Å²) in [5.41, 5.74) is 1.77. The molecule has 1 saturated carbocycles. The summed E-state index contributed by atoms with van der Waals surface area (Å²) in [6, 6.07) is 7.10. The molecule has 1 N–H and O–H groups in total. The smallest absolute Gasteiger partial charge is 0.193 e. The van der Waals surface area contributed by atoms with E-state index in [0.29, 0.717) is 13.2 Å².